The summed E-state index contributed by atoms with van der Waals surface area (Å²) in [4.78, 5) is 16.2. The van der Waals surface area contributed by atoms with Crippen molar-refractivity contribution in [3.8, 4) is 0 Å². The van der Waals surface area contributed by atoms with E-state index in [9.17, 15) is 0 Å². The van der Waals surface area contributed by atoms with Crippen molar-refractivity contribution in [2.45, 2.75) is 139 Å². The Morgan fingerprint density at radius 1 is 0.872 bits per heavy atom. The van der Waals surface area contributed by atoms with Gasteiger partial charge in [0.1, 0.15) is 0 Å². The van der Waals surface area contributed by atoms with Crippen LogP contribution in [0.2, 0.25) is 0 Å². The van der Waals surface area contributed by atoms with Gasteiger partial charge in [-0.25, -0.2) is 0 Å². The Morgan fingerprint density at radius 2 is 1.28 bits per heavy atom. The van der Waals surface area contributed by atoms with Gasteiger partial charge in [-0.1, -0.05) is 140 Å². The maximum Gasteiger partial charge on any atom is 0.373 e. The number of hydrogen-bond donors (Lipinski definition) is 0. The van der Waals surface area contributed by atoms with Crippen LogP contribution in [0.3, 0.4) is 0 Å². The van der Waals surface area contributed by atoms with E-state index in [1.54, 1.807) is 5.57 Å². The molecule has 39 heavy (non-hydrogen) atoms. The topological polar surface area (TPSA) is 34.1 Å². The predicted molar refractivity (Wildman–Crippen MR) is 175 cm³/mol. The predicted octanol–water partition coefficient (Wildman–Crippen LogP) is 11.2. The minimum Gasteiger partial charge on any atom is -0.186 e. The molecule has 0 amide bonds. The van der Waals surface area contributed by atoms with Crippen LogP contribution in [0.4, 0.5) is 0 Å². The standard InChI is InChI=1S/C20H36.C15H25I.CO2/c1-15(9-7-13-19(3,4)5)17-11-12-18-16(2)10-8-14-20(17,18)6;1-11-5-4-9-15(3)13(11)6-7-14(15)12(2)8-10-16;2-1-3/h11,15-16,18H,7-10,12-14H2,1-6H3;7,11-13H,4-6,8-10H2,1-3H3;/t15-,16+,18-,20+;11-,12+,13+,15+;/m01./s1. The summed E-state index contributed by atoms with van der Waals surface area (Å²) in [7, 11) is 0. The Balaban J connectivity index is 0.000000253. The molecule has 0 saturated heterocycles. The molecule has 4 rings (SSSR count). The molecule has 2 fully saturated rings. The number of rotatable bonds is 7. The molecular formula is C36H61IO2. The molecule has 0 N–H and O–H groups in total. The van der Waals surface area contributed by atoms with E-state index in [0.29, 0.717) is 16.2 Å². The smallest absolute Gasteiger partial charge is 0.186 e. The molecule has 0 aliphatic heterocycles. The fraction of sp³-hybridized carbons (Fsp3) is 0.861. The molecule has 0 radical (unpaired) electrons. The van der Waals surface area contributed by atoms with E-state index < -0.39 is 0 Å². The third kappa shape index (κ3) is 8.79. The maximum absolute atomic E-state index is 8.12. The normalized spacial score (nSPS) is 35.0. The van der Waals surface area contributed by atoms with Gasteiger partial charge in [-0.3, -0.25) is 0 Å². The first-order chi connectivity index (χ1) is 18.2. The second kappa shape index (κ2) is 15.2. The van der Waals surface area contributed by atoms with Crippen molar-refractivity contribution in [1.82, 2.24) is 0 Å². The maximum atomic E-state index is 8.12. The van der Waals surface area contributed by atoms with Crippen molar-refractivity contribution in [2.24, 2.45) is 51.8 Å². The summed E-state index contributed by atoms with van der Waals surface area (Å²) in [6, 6.07) is 0. The number of fused-ring (bicyclic) bond motifs is 2. The van der Waals surface area contributed by atoms with Crippen LogP contribution in [0, 0.1) is 51.8 Å². The van der Waals surface area contributed by atoms with Gasteiger partial charge in [0.25, 0.3) is 0 Å². The highest BCUT2D eigenvalue weighted by Gasteiger charge is 2.47. The molecule has 8 atom stereocenters. The van der Waals surface area contributed by atoms with E-state index in [1.165, 1.54) is 81.5 Å². The Hall–Kier alpha value is -0.410. The first kappa shape index (κ1) is 34.8. The SMILES string of the molecule is C[C@@H]1CCC[C@]2(C)C([C@@H](C)CCCC(C)(C)C)=CC[C@@H]12.C[C@@H]1CCC[C@]2(C)C([C@@H](C)CCI)=CC[C@@H]12.O=C=O. The van der Waals surface area contributed by atoms with Crippen LogP contribution in [0.5, 0.6) is 0 Å². The molecule has 0 spiro atoms. The first-order valence-electron chi connectivity index (χ1n) is 16.2. The average molecular weight is 653 g/mol. The van der Waals surface area contributed by atoms with E-state index in [1.807, 2.05) is 5.57 Å². The van der Waals surface area contributed by atoms with Gasteiger partial charge in [0, 0.05) is 4.43 Å². The van der Waals surface area contributed by atoms with Gasteiger partial charge in [0.2, 0.25) is 0 Å². The summed E-state index contributed by atoms with van der Waals surface area (Å²) >= 11 is 2.52. The molecular weight excluding hydrogens is 591 g/mol. The second-order valence-corrected chi connectivity index (χ2v) is 16.5. The molecule has 0 aromatic carbocycles. The van der Waals surface area contributed by atoms with Gasteiger partial charge >= 0.3 is 6.15 Å². The molecule has 0 aromatic rings. The second-order valence-electron chi connectivity index (χ2n) is 15.4. The lowest BCUT2D eigenvalue weighted by Gasteiger charge is -2.44. The van der Waals surface area contributed by atoms with Crippen molar-refractivity contribution < 1.29 is 9.59 Å². The molecule has 3 heteroatoms. The zero-order valence-electron chi connectivity index (χ0n) is 27.0. The molecule has 0 heterocycles. The number of halogens is 1. The van der Waals surface area contributed by atoms with E-state index in [4.69, 9.17) is 9.59 Å². The Kier molecular flexibility index (Phi) is 13.5. The Bertz CT molecular complexity index is 860. The van der Waals surface area contributed by atoms with Crippen molar-refractivity contribution in [2.75, 3.05) is 4.43 Å². The van der Waals surface area contributed by atoms with Crippen molar-refractivity contribution in [3.63, 3.8) is 0 Å². The summed E-state index contributed by atoms with van der Waals surface area (Å²) in [5.74, 6) is 5.39. The fourth-order valence-electron chi connectivity index (χ4n) is 9.23. The number of alkyl halides is 1. The summed E-state index contributed by atoms with van der Waals surface area (Å²) in [6.07, 6.45) is 22.4. The Morgan fingerprint density at radius 3 is 1.67 bits per heavy atom. The van der Waals surface area contributed by atoms with Crippen molar-refractivity contribution in [3.05, 3.63) is 23.3 Å². The lowest BCUT2D eigenvalue weighted by atomic mass is 9.60. The number of allylic oxidation sites excluding steroid dienone is 4. The van der Waals surface area contributed by atoms with Gasteiger partial charge in [-0.05, 0) is 96.7 Å². The first-order valence-corrected chi connectivity index (χ1v) is 17.7. The molecule has 4 aliphatic rings. The third-order valence-electron chi connectivity index (χ3n) is 11.4. The lowest BCUT2D eigenvalue weighted by molar-refractivity contribution is -0.191. The number of carbonyl (C=O) groups excluding carboxylic acids is 2. The van der Waals surface area contributed by atoms with Crippen LogP contribution in [-0.4, -0.2) is 10.6 Å². The monoisotopic (exact) mass is 652 g/mol. The van der Waals surface area contributed by atoms with Crippen molar-refractivity contribution in [1.29, 1.82) is 0 Å². The van der Waals surface area contributed by atoms with E-state index >= 15 is 0 Å². The largest absolute Gasteiger partial charge is 0.373 e. The molecule has 0 unspecified atom stereocenters. The highest BCUT2D eigenvalue weighted by atomic mass is 127. The molecule has 0 bridgehead atoms. The van der Waals surface area contributed by atoms with E-state index in [-0.39, 0.29) is 6.15 Å². The number of hydrogen-bond acceptors (Lipinski definition) is 2. The summed E-state index contributed by atoms with van der Waals surface area (Å²) < 4.78 is 1.30. The van der Waals surface area contributed by atoms with Crippen molar-refractivity contribution >= 4 is 28.7 Å². The fourth-order valence-corrected chi connectivity index (χ4v) is 10.2. The highest BCUT2D eigenvalue weighted by Crippen LogP contribution is 2.58. The Labute approximate surface area is 256 Å². The summed E-state index contributed by atoms with van der Waals surface area (Å²) in [5, 5.41) is 0. The molecule has 0 aromatic heterocycles. The minimum atomic E-state index is 0.250. The minimum absolute atomic E-state index is 0.250. The van der Waals surface area contributed by atoms with Crippen LogP contribution in [-0.2, 0) is 9.59 Å². The zero-order valence-corrected chi connectivity index (χ0v) is 29.2. The lowest BCUT2D eigenvalue weighted by Crippen LogP contribution is -2.35. The highest BCUT2D eigenvalue weighted by molar-refractivity contribution is 14.1. The molecule has 4 aliphatic carbocycles. The molecule has 2 saturated carbocycles. The van der Waals surface area contributed by atoms with Crippen LogP contribution < -0.4 is 0 Å². The molecule has 224 valence electrons. The average Bonchev–Trinajstić information content (AvgIpc) is 3.38. The van der Waals surface area contributed by atoms with E-state index in [2.05, 4.69) is 97.1 Å². The van der Waals surface area contributed by atoms with Crippen LogP contribution in [0.25, 0.3) is 0 Å². The van der Waals surface area contributed by atoms with Crippen LogP contribution >= 0.6 is 22.6 Å². The third-order valence-corrected chi connectivity index (χ3v) is 12.0. The van der Waals surface area contributed by atoms with Crippen LogP contribution in [0.1, 0.15) is 139 Å². The summed E-state index contributed by atoms with van der Waals surface area (Å²) in [5.41, 5.74) is 5.22. The van der Waals surface area contributed by atoms with Gasteiger partial charge < -0.3 is 0 Å². The zero-order chi connectivity index (χ0) is 29.4. The van der Waals surface area contributed by atoms with E-state index in [0.717, 1.165) is 35.5 Å². The van der Waals surface area contributed by atoms with Gasteiger partial charge in [0.15, 0.2) is 0 Å². The quantitative estimate of drug-likeness (QED) is 0.156. The van der Waals surface area contributed by atoms with Gasteiger partial charge in [-0.2, -0.15) is 9.59 Å². The molecule has 2 nitrogen and oxygen atoms in total. The van der Waals surface area contributed by atoms with Gasteiger partial charge in [0.05, 0.1) is 0 Å². The summed E-state index contributed by atoms with van der Waals surface area (Å²) in [6.45, 7) is 22.1. The van der Waals surface area contributed by atoms with Gasteiger partial charge in [-0.15, -0.1) is 0 Å². The van der Waals surface area contributed by atoms with Crippen LogP contribution in [0.15, 0.2) is 23.3 Å².